The van der Waals surface area contributed by atoms with Crippen molar-refractivity contribution in [3.63, 3.8) is 0 Å². The number of aromatic amines is 1. The third-order valence-electron chi connectivity index (χ3n) is 3.91. The number of ether oxygens (including phenoxy) is 2. The fourth-order valence-electron chi connectivity index (χ4n) is 2.71. The summed E-state index contributed by atoms with van der Waals surface area (Å²) in [5.74, 6) is -0.240. The molecule has 128 valence electrons. The molecule has 5 heteroatoms. The van der Waals surface area contributed by atoms with E-state index >= 15 is 0 Å². The molecule has 0 saturated carbocycles. The number of ketones is 1. The van der Waals surface area contributed by atoms with Crippen LogP contribution in [0.15, 0.2) is 54.6 Å². The maximum atomic E-state index is 12.5. The molecule has 1 heterocycles. The summed E-state index contributed by atoms with van der Waals surface area (Å²) in [5.41, 5.74) is 2.20. The van der Waals surface area contributed by atoms with Crippen LogP contribution in [0.2, 0.25) is 0 Å². The molecule has 1 N–H and O–H groups in total. The molecule has 5 nitrogen and oxygen atoms in total. The summed E-state index contributed by atoms with van der Waals surface area (Å²) in [7, 11) is 0. The van der Waals surface area contributed by atoms with Crippen LogP contribution in [-0.4, -0.2) is 29.4 Å². The van der Waals surface area contributed by atoms with E-state index in [1.165, 1.54) is 0 Å². The zero-order chi connectivity index (χ0) is 17.8. The minimum atomic E-state index is -0.792. The quantitative estimate of drug-likeness (QED) is 0.550. The summed E-state index contributed by atoms with van der Waals surface area (Å²) in [5, 5.41) is 0.828. The summed E-state index contributed by atoms with van der Waals surface area (Å²) >= 11 is 0. The van der Waals surface area contributed by atoms with Crippen molar-refractivity contribution < 1.29 is 19.1 Å². The Hall–Kier alpha value is -3.08. The minimum Gasteiger partial charge on any atom is -0.479 e. The van der Waals surface area contributed by atoms with Crippen molar-refractivity contribution in [3.05, 3.63) is 65.9 Å². The van der Waals surface area contributed by atoms with Gasteiger partial charge in [-0.1, -0.05) is 36.4 Å². The minimum absolute atomic E-state index is 0.241. The maximum absolute atomic E-state index is 12.5. The Morgan fingerprint density at radius 3 is 2.48 bits per heavy atom. The summed E-state index contributed by atoms with van der Waals surface area (Å²) in [6.45, 7) is 3.11. The molecule has 1 aromatic heterocycles. The number of para-hydroxylation sites is 2. The fraction of sp³-hybridized carbons (Fsp3) is 0.200. The summed E-state index contributed by atoms with van der Waals surface area (Å²) < 4.78 is 10.6. The Bertz CT molecular complexity index is 898. The van der Waals surface area contributed by atoms with Crippen molar-refractivity contribution in [2.45, 2.75) is 20.0 Å². The number of carbonyl (C=O) groups excluding carboxylic acids is 2. The number of aromatic nitrogens is 1. The highest BCUT2D eigenvalue weighted by Crippen LogP contribution is 2.22. The zero-order valence-corrected chi connectivity index (χ0v) is 14.1. The van der Waals surface area contributed by atoms with E-state index in [2.05, 4.69) is 4.98 Å². The maximum Gasteiger partial charge on any atom is 0.347 e. The number of fused-ring (bicyclic) bond motifs is 1. The van der Waals surface area contributed by atoms with E-state index in [-0.39, 0.29) is 12.4 Å². The Morgan fingerprint density at radius 1 is 1.04 bits per heavy atom. The standard InChI is InChI=1S/C20H19NO4/c1-13-19(16-10-6-7-11-17(16)21-13)18(22)12-24-20(23)14(2)25-15-8-4-3-5-9-15/h3-11,14,21H,12H2,1-2H3/t14-/m1/s1. The Balaban J connectivity index is 1.63. The van der Waals surface area contributed by atoms with Crippen LogP contribution in [0.3, 0.4) is 0 Å². The third-order valence-corrected chi connectivity index (χ3v) is 3.91. The highest BCUT2D eigenvalue weighted by Gasteiger charge is 2.21. The van der Waals surface area contributed by atoms with Crippen LogP contribution in [0.5, 0.6) is 5.75 Å². The highest BCUT2D eigenvalue weighted by atomic mass is 16.6. The van der Waals surface area contributed by atoms with E-state index in [1.807, 2.05) is 49.4 Å². The van der Waals surface area contributed by atoms with Crippen LogP contribution in [0.1, 0.15) is 23.0 Å². The molecule has 0 amide bonds. The van der Waals surface area contributed by atoms with Gasteiger partial charge >= 0.3 is 5.97 Å². The van der Waals surface area contributed by atoms with Gasteiger partial charge in [-0.3, -0.25) is 4.79 Å². The lowest BCUT2D eigenvalue weighted by Crippen LogP contribution is -2.28. The first kappa shape index (κ1) is 16.8. The van der Waals surface area contributed by atoms with Gasteiger partial charge in [0.2, 0.25) is 5.78 Å². The topological polar surface area (TPSA) is 68.4 Å². The number of hydrogen-bond donors (Lipinski definition) is 1. The molecular formula is C20H19NO4. The van der Waals surface area contributed by atoms with E-state index in [0.717, 1.165) is 16.6 Å². The number of aryl methyl sites for hydroxylation is 1. The molecule has 0 fully saturated rings. The van der Waals surface area contributed by atoms with Crippen LogP contribution in [0, 0.1) is 6.92 Å². The van der Waals surface area contributed by atoms with Crippen molar-refractivity contribution in [1.82, 2.24) is 4.98 Å². The van der Waals surface area contributed by atoms with Gasteiger partial charge in [0.25, 0.3) is 0 Å². The lowest BCUT2D eigenvalue weighted by atomic mass is 10.1. The first-order valence-electron chi connectivity index (χ1n) is 8.05. The number of Topliss-reactive ketones (excluding diaryl/α,β-unsaturated/α-hetero) is 1. The van der Waals surface area contributed by atoms with Crippen LogP contribution in [-0.2, 0) is 9.53 Å². The zero-order valence-electron chi connectivity index (χ0n) is 14.1. The molecule has 0 aliphatic heterocycles. The largest absolute Gasteiger partial charge is 0.479 e. The van der Waals surface area contributed by atoms with E-state index in [9.17, 15) is 9.59 Å². The Morgan fingerprint density at radius 2 is 1.72 bits per heavy atom. The van der Waals surface area contributed by atoms with Gasteiger partial charge in [0.1, 0.15) is 5.75 Å². The van der Waals surface area contributed by atoms with Gasteiger partial charge in [0.15, 0.2) is 12.7 Å². The number of carbonyl (C=O) groups is 2. The van der Waals surface area contributed by atoms with Crippen LogP contribution in [0.25, 0.3) is 10.9 Å². The van der Waals surface area contributed by atoms with Gasteiger partial charge in [-0.25, -0.2) is 4.79 Å². The number of nitrogens with one attached hydrogen (secondary N) is 1. The second-order valence-corrected chi connectivity index (χ2v) is 5.77. The van der Waals surface area contributed by atoms with Gasteiger partial charge in [-0.15, -0.1) is 0 Å². The average molecular weight is 337 g/mol. The number of hydrogen-bond acceptors (Lipinski definition) is 4. The van der Waals surface area contributed by atoms with Crippen LogP contribution < -0.4 is 4.74 Å². The second kappa shape index (κ2) is 7.21. The molecule has 0 saturated heterocycles. The van der Waals surface area contributed by atoms with E-state index in [1.54, 1.807) is 19.1 Å². The second-order valence-electron chi connectivity index (χ2n) is 5.77. The fourth-order valence-corrected chi connectivity index (χ4v) is 2.71. The molecule has 1 atom stereocenters. The van der Waals surface area contributed by atoms with Gasteiger partial charge in [-0.2, -0.15) is 0 Å². The normalized spacial score (nSPS) is 11.9. The van der Waals surface area contributed by atoms with Crippen LogP contribution >= 0.6 is 0 Å². The van der Waals surface area contributed by atoms with Gasteiger partial charge in [-0.05, 0) is 32.0 Å². The number of H-pyrrole nitrogens is 1. The molecule has 3 rings (SSSR count). The number of esters is 1. The average Bonchev–Trinajstić information content (AvgIpc) is 2.96. The first-order chi connectivity index (χ1) is 12.1. The van der Waals surface area contributed by atoms with Crippen LogP contribution in [0.4, 0.5) is 0 Å². The predicted octanol–water partition coefficient (Wildman–Crippen LogP) is 3.67. The van der Waals surface area contributed by atoms with Gasteiger partial charge < -0.3 is 14.5 Å². The lowest BCUT2D eigenvalue weighted by Gasteiger charge is -2.13. The number of rotatable bonds is 6. The van der Waals surface area contributed by atoms with Crippen molar-refractivity contribution in [2.24, 2.45) is 0 Å². The molecule has 0 unspecified atom stereocenters. The van der Waals surface area contributed by atoms with E-state index in [0.29, 0.717) is 11.3 Å². The Kier molecular flexibility index (Phi) is 4.84. The van der Waals surface area contributed by atoms with Crippen molar-refractivity contribution >= 4 is 22.7 Å². The highest BCUT2D eigenvalue weighted by molar-refractivity contribution is 6.10. The van der Waals surface area contributed by atoms with Crippen molar-refractivity contribution in [2.75, 3.05) is 6.61 Å². The lowest BCUT2D eigenvalue weighted by molar-refractivity contribution is -0.149. The molecular weight excluding hydrogens is 318 g/mol. The summed E-state index contributed by atoms with van der Waals surface area (Å²) in [4.78, 5) is 27.7. The molecule has 0 radical (unpaired) electrons. The molecule has 3 aromatic rings. The van der Waals surface area contributed by atoms with Crippen molar-refractivity contribution in [1.29, 1.82) is 0 Å². The number of benzene rings is 2. The van der Waals surface area contributed by atoms with E-state index < -0.39 is 12.1 Å². The predicted molar refractivity (Wildman–Crippen MR) is 94.9 cm³/mol. The van der Waals surface area contributed by atoms with Gasteiger partial charge in [0.05, 0.1) is 0 Å². The SMILES string of the molecule is Cc1[nH]c2ccccc2c1C(=O)COC(=O)[C@@H](C)Oc1ccccc1. The third kappa shape index (κ3) is 3.71. The smallest absolute Gasteiger partial charge is 0.347 e. The molecule has 0 spiro atoms. The summed E-state index contributed by atoms with van der Waals surface area (Å²) in [6, 6.07) is 16.5. The molecule has 0 bridgehead atoms. The van der Waals surface area contributed by atoms with Crippen molar-refractivity contribution in [3.8, 4) is 5.75 Å². The molecule has 25 heavy (non-hydrogen) atoms. The first-order valence-corrected chi connectivity index (χ1v) is 8.05. The van der Waals surface area contributed by atoms with Gasteiger partial charge in [0, 0.05) is 22.2 Å². The molecule has 0 aliphatic rings. The molecule has 0 aliphatic carbocycles. The summed E-state index contributed by atoms with van der Waals surface area (Å²) in [6.07, 6.45) is -0.792. The molecule has 2 aromatic carbocycles. The van der Waals surface area contributed by atoms with E-state index in [4.69, 9.17) is 9.47 Å². The monoisotopic (exact) mass is 337 g/mol. The Labute approximate surface area is 145 Å².